The molecule has 34 heavy (non-hydrogen) atoms. The summed E-state index contributed by atoms with van der Waals surface area (Å²) in [5.41, 5.74) is 6.96. The summed E-state index contributed by atoms with van der Waals surface area (Å²) in [6.45, 7) is 0. The topological polar surface area (TPSA) is 37.8 Å². The molecule has 2 aromatic heterocycles. The van der Waals surface area contributed by atoms with E-state index in [0.29, 0.717) is 10.0 Å². The zero-order valence-corrected chi connectivity index (χ0v) is 19.4. The third kappa shape index (κ3) is 3.41. The van der Waals surface area contributed by atoms with Crippen LogP contribution in [0.2, 0.25) is 10.0 Å². The van der Waals surface area contributed by atoms with Crippen LogP contribution in [0.1, 0.15) is 0 Å². The molecule has 0 spiro atoms. The molecule has 0 amide bonds. The molecule has 164 valence electrons. The lowest BCUT2D eigenvalue weighted by atomic mass is 10.0. The minimum Gasteiger partial charge on any atom is -0.329 e. The van der Waals surface area contributed by atoms with E-state index in [-0.39, 0.29) is 5.56 Å². The first-order valence-corrected chi connectivity index (χ1v) is 11.6. The van der Waals surface area contributed by atoms with E-state index in [9.17, 15) is 4.79 Å². The number of hydrogen-bond donors (Lipinski definition) is 1. The monoisotopic (exact) mass is 480 g/mol. The van der Waals surface area contributed by atoms with Crippen molar-refractivity contribution >= 4 is 45.0 Å². The van der Waals surface area contributed by atoms with Gasteiger partial charge in [0.05, 0.1) is 21.1 Å². The minimum atomic E-state index is -0.126. The number of pyridine rings is 1. The van der Waals surface area contributed by atoms with Crippen molar-refractivity contribution in [1.29, 1.82) is 0 Å². The van der Waals surface area contributed by atoms with E-state index in [0.717, 1.165) is 49.7 Å². The lowest BCUT2D eigenvalue weighted by molar-refractivity contribution is 1.18. The highest BCUT2D eigenvalue weighted by molar-refractivity contribution is 6.42. The highest BCUT2D eigenvalue weighted by Crippen LogP contribution is 2.39. The predicted molar refractivity (Wildman–Crippen MR) is 142 cm³/mol. The second-order valence-electron chi connectivity index (χ2n) is 8.18. The van der Waals surface area contributed by atoms with Crippen LogP contribution in [0.5, 0.6) is 0 Å². The number of fused-ring (bicyclic) bond motifs is 3. The van der Waals surface area contributed by atoms with Crippen molar-refractivity contribution in [2.24, 2.45) is 0 Å². The molecule has 3 nitrogen and oxygen atoms in total. The number of aromatic nitrogens is 2. The van der Waals surface area contributed by atoms with Gasteiger partial charge in [0, 0.05) is 34.3 Å². The van der Waals surface area contributed by atoms with Crippen LogP contribution in [0.4, 0.5) is 0 Å². The highest BCUT2D eigenvalue weighted by atomic mass is 35.5. The largest absolute Gasteiger partial charge is 0.329 e. The van der Waals surface area contributed by atoms with Gasteiger partial charge >= 0.3 is 0 Å². The van der Waals surface area contributed by atoms with Crippen LogP contribution in [0.15, 0.2) is 108 Å². The second-order valence-corrected chi connectivity index (χ2v) is 8.99. The van der Waals surface area contributed by atoms with Crippen LogP contribution in [0.25, 0.3) is 49.7 Å². The molecule has 6 rings (SSSR count). The van der Waals surface area contributed by atoms with Crippen molar-refractivity contribution in [3.8, 4) is 27.9 Å². The van der Waals surface area contributed by atoms with E-state index in [1.54, 1.807) is 12.3 Å². The Labute approximate surface area is 205 Å². The molecule has 2 heterocycles. The second kappa shape index (κ2) is 8.21. The van der Waals surface area contributed by atoms with Crippen molar-refractivity contribution in [2.75, 3.05) is 0 Å². The number of para-hydroxylation sites is 2. The number of benzene rings is 4. The van der Waals surface area contributed by atoms with Crippen molar-refractivity contribution in [3.63, 3.8) is 0 Å². The Hall–Kier alpha value is -3.79. The van der Waals surface area contributed by atoms with E-state index in [4.69, 9.17) is 23.2 Å². The highest BCUT2D eigenvalue weighted by Gasteiger charge is 2.17. The molecule has 0 aliphatic heterocycles. The average Bonchev–Trinajstić information content (AvgIpc) is 3.20. The van der Waals surface area contributed by atoms with Gasteiger partial charge < -0.3 is 9.55 Å². The summed E-state index contributed by atoms with van der Waals surface area (Å²) in [4.78, 5) is 14.8. The first kappa shape index (κ1) is 20.8. The fraction of sp³-hybridized carbons (Fsp3) is 0. The predicted octanol–water partition coefficient (Wildman–Crippen LogP) is 8.11. The lowest BCUT2D eigenvalue weighted by Gasteiger charge is -2.12. The Balaban J connectivity index is 1.72. The number of aromatic amines is 1. The number of nitrogens with zero attached hydrogens (tertiary/aromatic N) is 1. The molecule has 0 bridgehead atoms. The molecule has 1 N–H and O–H groups in total. The summed E-state index contributed by atoms with van der Waals surface area (Å²) in [5, 5.41) is 3.32. The summed E-state index contributed by atoms with van der Waals surface area (Å²) in [6.07, 6.45) is 1.69. The SMILES string of the molecule is O=c1cc(-c2cccc3c4ccc(-c5ccc(Cl)c(Cl)c5)cc4n(-c4ccccc4)c23)cc[nH]1. The Morgan fingerprint density at radius 2 is 1.44 bits per heavy atom. The van der Waals surface area contributed by atoms with Crippen LogP contribution in [-0.4, -0.2) is 9.55 Å². The zero-order valence-electron chi connectivity index (χ0n) is 17.9. The molecule has 0 saturated heterocycles. The zero-order chi connectivity index (χ0) is 23.2. The number of halogens is 2. The molecule has 0 aliphatic carbocycles. The van der Waals surface area contributed by atoms with Crippen LogP contribution >= 0.6 is 23.2 Å². The summed E-state index contributed by atoms with van der Waals surface area (Å²) in [5.74, 6) is 0. The third-order valence-electron chi connectivity index (χ3n) is 6.14. The normalized spacial score (nSPS) is 11.4. The van der Waals surface area contributed by atoms with E-state index >= 15 is 0 Å². The third-order valence-corrected chi connectivity index (χ3v) is 6.88. The van der Waals surface area contributed by atoms with Gasteiger partial charge in [0.2, 0.25) is 5.56 Å². The maximum absolute atomic E-state index is 12.1. The van der Waals surface area contributed by atoms with Gasteiger partial charge in [-0.3, -0.25) is 4.79 Å². The fourth-order valence-corrected chi connectivity index (χ4v) is 4.91. The van der Waals surface area contributed by atoms with Crippen molar-refractivity contribution in [3.05, 3.63) is 124 Å². The van der Waals surface area contributed by atoms with Gasteiger partial charge in [-0.1, -0.05) is 77.8 Å². The Bertz CT molecular complexity index is 1750. The first-order chi connectivity index (χ1) is 16.6. The molecule has 0 aliphatic rings. The van der Waals surface area contributed by atoms with E-state index < -0.39 is 0 Å². The summed E-state index contributed by atoms with van der Waals surface area (Å²) in [7, 11) is 0. The standard InChI is InChI=1S/C29H18Cl2N2O/c30-25-12-10-18(15-26(25)31)19-9-11-23-24-8-4-7-22(20-13-14-32-28(34)17-20)29(24)33(27(23)16-19)21-5-2-1-3-6-21/h1-17H,(H,32,34). The molecule has 0 atom stereocenters. The summed E-state index contributed by atoms with van der Waals surface area (Å²) < 4.78 is 2.27. The van der Waals surface area contributed by atoms with Crippen LogP contribution in [0, 0.1) is 0 Å². The molecule has 5 heteroatoms. The van der Waals surface area contributed by atoms with Gasteiger partial charge in [0.15, 0.2) is 0 Å². The van der Waals surface area contributed by atoms with Gasteiger partial charge in [-0.15, -0.1) is 0 Å². The van der Waals surface area contributed by atoms with E-state index in [2.05, 4.69) is 52.0 Å². The number of H-pyrrole nitrogens is 1. The first-order valence-electron chi connectivity index (χ1n) is 10.9. The van der Waals surface area contributed by atoms with Gasteiger partial charge in [-0.2, -0.15) is 0 Å². The molecule has 0 saturated carbocycles. The van der Waals surface area contributed by atoms with Crippen LogP contribution < -0.4 is 5.56 Å². The molecular formula is C29H18Cl2N2O. The molecule has 4 aromatic carbocycles. The lowest BCUT2D eigenvalue weighted by Crippen LogP contribution is -2.02. The van der Waals surface area contributed by atoms with Crippen molar-refractivity contribution in [1.82, 2.24) is 9.55 Å². The van der Waals surface area contributed by atoms with Crippen molar-refractivity contribution < 1.29 is 0 Å². The molecule has 0 fully saturated rings. The molecule has 6 aromatic rings. The van der Waals surface area contributed by atoms with Gasteiger partial charge in [0.1, 0.15) is 0 Å². The quantitative estimate of drug-likeness (QED) is 0.272. The summed E-state index contributed by atoms with van der Waals surface area (Å²) >= 11 is 12.5. The Kier molecular flexibility index (Phi) is 5.02. The van der Waals surface area contributed by atoms with Gasteiger partial charge in [0.25, 0.3) is 0 Å². The van der Waals surface area contributed by atoms with E-state index in [1.807, 2.05) is 48.5 Å². The maximum Gasteiger partial charge on any atom is 0.248 e. The van der Waals surface area contributed by atoms with Gasteiger partial charge in [-0.25, -0.2) is 0 Å². The Morgan fingerprint density at radius 1 is 0.647 bits per heavy atom. The van der Waals surface area contributed by atoms with Gasteiger partial charge in [-0.05, 0) is 53.1 Å². The number of rotatable bonds is 3. The van der Waals surface area contributed by atoms with Crippen molar-refractivity contribution in [2.45, 2.75) is 0 Å². The van der Waals surface area contributed by atoms with Crippen LogP contribution in [-0.2, 0) is 0 Å². The fourth-order valence-electron chi connectivity index (χ4n) is 4.61. The maximum atomic E-state index is 12.1. The molecular weight excluding hydrogens is 463 g/mol. The number of nitrogens with one attached hydrogen (secondary N) is 1. The smallest absolute Gasteiger partial charge is 0.248 e. The summed E-state index contributed by atoms with van der Waals surface area (Å²) in [6, 6.07) is 32.2. The van der Waals surface area contributed by atoms with Crippen LogP contribution in [0.3, 0.4) is 0 Å². The Morgan fingerprint density at radius 3 is 2.24 bits per heavy atom. The molecule has 0 unspecified atom stereocenters. The van der Waals surface area contributed by atoms with E-state index in [1.165, 1.54) is 0 Å². The molecule has 0 radical (unpaired) electrons. The minimum absolute atomic E-state index is 0.126. The average molecular weight is 481 g/mol. The number of hydrogen-bond acceptors (Lipinski definition) is 1.